The molecule has 0 amide bonds. The molecule has 0 bridgehead atoms. The first kappa shape index (κ1) is 6.79. The van der Waals surface area contributed by atoms with Crippen molar-refractivity contribution >= 4 is 39.3 Å². The summed E-state index contributed by atoms with van der Waals surface area (Å²) in [5.74, 6) is 0. The summed E-state index contributed by atoms with van der Waals surface area (Å²) in [7, 11) is -0.0638. The van der Waals surface area contributed by atoms with Gasteiger partial charge in [-0.05, 0) is 12.5 Å². The molecule has 0 unspecified atom stereocenters. The molecule has 0 aliphatic rings. The molecule has 0 atom stereocenters. The first-order chi connectivity index (χ1) is 2.64. The van der Waals surface area contributed by atoms with Crippen LogP contribution in [0.2, 0.25) is 0 Å². The van der Waals surface area contributed by atoms with Crippen LogP contribution in [0.1, 0.15) is 0 Å². The summed E-state index contributed by atoms with van der Waals surface area (Å²) in [5.41, 5.74) is 0. The predicted octanol–water partition coefficient (Wildman–Crippen LogP) is 1.46. The van der Waals surface area contributed by atoms with E-state index in [9.17, 15) is 0 Å². The summed E-state index contributed by atoms with van der Waals surface area (Å²) < 4.78 is 0.852. The van der Waals surface area contributed by atoms with Gasteiger partial charge in [-0.25, -0.2) is 10.9 Å². The van der Waals surface area contributed by atoms with Crippen LogP contribution in [-0.4, -0.2) is 16.0 Å². The average molecular weight is 140 g/mol. The van der Waals surface area contributed by atoms with Crippen LogP contribution in [-0.2, 0) is 0 Å². The van der Waals surface area contributed by atoms with Crippen LogP contribution in [0.15, 0.2) is 0 Å². The molecule has 0 fully saturated rings. The van der Waals surface area contributed by atoms with Crippen LogP contribution >= 0.6 is 35.7 Å². The molecule has 0 aliphatic carbocycles. The van der Waals surface area contributed by atoms with Gasteiger partial charge >= 0.3 is 0 Å². The van der Waals surface area contributed by atoms with Crippen LogP contribution in [0.3, 0.4) is 0 Å². The second kappa shape index (κ2) is 2.88. The lowest BCUT2D eigenvalue weighted by atomic mass is 11.8. The van der Waals surface area contributed by atoms with Crippen molar-refractivity contribution in [3.05, 3.63) is 0 Å². The highest BCUT2D eigenvalue weighted by molar-refractivity contribution is 8.49. The Balaban J connectivity index is 3.26. The first-order valence-electron chi connectivity index (χ1n) is 1.55. The molecule has 0 aromatic heterocycles. The lowest BCUT2D eigenvalue weighted by Crippen LogP contribution is -1.77. The highest BCUT2D eigenvalue weighted by Gasteiger charge is 1.85. The van der Waals surface area contributed by atoms with Crippen LogP contribution in [0.5, 0.6) is 0 Å². The number of hydrogen-bond acceptors (Lipinski definition) is 1. The summed E-state index contributed by atoms with van der Waals surface area (Å²) in [4.78, 5) is 0. The minimum atomic E-state index is -0.0638. The van der Waals surface area contributed by atoms with E-state index in [-0.39, 0.29) is 10.9 Å². The molecule has 0 radical (unpaired) electrons. The van der Waals surface area contributed by atoms with E-state index >= 15 is 0 Å². The van der Waals surface area contributed by atoms with Gasteiger partial charge in [0.05, 0.1) is 3.53 Å². The summed E-state index contributed by atoms with van der Waals surface area (Å²) in [6.45, 7) is 0. The summed E-state index contributed by atoms with van der Waals surface area (Å²) >= 11 is 8.67. The zero-order valence-corrected chi connectivity index (χ0v) is 6.41. The highest BCUT2D eigenvalue weighted by atomic mass is 32.3. The van der Waals surface area contributed by atoms with Crippen molar-refractivity contribution in [2.24, 2.45) is 0 Å². The Morgan fingerprint density at radius 1 is 1.67 bits per heavy atom. The second-order valence-corrected chi connectivity index (χ2v) is 5.23. The largest absolute Gasteiger partial charge is 0.217 e. The van der Waals surface area contributed by atoms with E-state index in [0.717, 1.165) is 3.53 Å². The monoisotopic (exact) mass is 140 g/mol. The fourth-order valence-electron chi connectivity index (χ4n) is 0. The zero-order chi connectivity index (χ0) is 5.15. The Kier molecular flexibility index (Phi) is 3.26. The fourth-order valence-corrected chi connectivity index (χ4v) is 0. The van der Waals surface area contributed by atoms with E-state index in [4.69, 9.17) is 12.2 Å². The van der Waals surface area contributed by atoms with Gasteiger partial charge in [0.1, 0.15) is 0 Å². The van der Waals surface area contributed by atoms with E-state index in [1.54, 1.807) is 0 Å². The Labute approximate surface area is 52.1 Å². The maximum Gasteiger partial charge on any atom is 0.0806 e. The van der Waals surface area contributed by atoms with Crippen molar-refractivity contribution in [2.75, 3.05) is 12.5 Å². The molecule has 6 heavy (non-hydrogen) atoms. The van der Waals surface area contributed by atoms with Crippen LogP contribution in [0, 0.1) is 0 Å². The number of hydrogen-bond donors (Lipinski definition) is 2. The molecular formula is C3H8S3. The Bertz CT molecular complexity index is 57.1. The van der Waals surface area contributed by atoms with E-state index < -0.39 is 0 Å². The zero-order valence-electron chi connectivity index (χ0n) is 3.80. The maximum atomic E-state index is 4.71. The minimum Gasteiger partial charge on any atom is -0.217 e. The minimum absolute atomic E-state index is 0.0638. The quantitative estimate of drug-likeness (QED) is 0.379. The van der Waals surface area contributed by atoms with Crippen molar-refractivity contribution in [3.8, 4) is 0 Å². The summed E-state index contributed by atoms with van der Waals surface area (Å²) in [6, 6.07) is 0. The van der Waals surface area contributed by atoms with Gasteiger partial charge in [-0.3, -0.25) is 0 Å². The van der Waals surface area contributed by atoms with Crippen LogP contribution < -0.4 is 0 Å². The lowest BCUT2D eigenvalue weighted by molar-refractivity contribution is 2.34. The number of thiocarbonyl (C=S) groups is 1. The molecule has 0 saturated heterocycles. The van der Waals surface area contributed by atoms with E-state index in [0.29, 0.717) is 0 Å². The van der Waals surface area contributed by atoms with Crippen LogP contribution in [0.4, 0.5) is 0 Å². The molecule has 0 heterocycles. The molecule has 0 N–H and O–H groups in total. The number of thiol groups is 2. The standard InChI is InChI=1S/C3H8S3/c1-6(2)3(4)5/h6H,1-2H3,(H,4,5). The normalized spacial score (nSPS) is 10.8. The fraction of sp³-hybridized carbons (Fsp3) is 0.667. The Morgan fingerprint density at radius 2 is 1.83 bits per heavy atom. The molecule has 3 heteroatoms. The van der Waals surface area contributed by atoms with Crippen LogP contribution in [0.25, 0.3) is 0 Å². The second-order valence-electron chi connectivity index (χ2n) is 1.18. The van der Waals surface area contributed by atoms with Gasteiger partial charge in [-0.15, -0.1) is 12.6 Å². The molecule has 0 aliphatic heterocycles. The van der Waals surface area contributed by atoms with Crippen molar-refractivity contribution in [1.82, 2.24) is 0 Å². The summed E-state index contributed by atoms with van der Waals surface area (Å²) in [5, 5.41) is 0. The molecule has 0 aromatic rings. The smallest absolute Gasteiger partial charge is 0.0806 e. The SMILES string of the molecule is C[SH](C)C(=S)S. The summed E-state index contributed by atoms with van der Waals surface area (Å²) in [6.07, 6.45) is 4.18. The van der Waals surface area contributed by atoms with Gasteiger partial charge in [0.15, 0.2) is 0 Å². The lowest BCUT2D eigenvalue weighted by Gasteiger charge is -2.00. The molecule has 38 valence electrons. The van der Waals surface area contributed by atoms with Gasteiger partial charge in [0.2, 0.25) is 0 Å². The average Bonchev–Trinajstić information content (AvgIpc) is 1.36. The van der Waals surface area contributed by atoms with Crippen molar-refractivity contribution in [2.45, 2.75) is 0 Å². The molecule has 0 rings (SSSR count). The molecule has 0 spiro atoms. The van der Waals surface area contributed by atoms with Gasteiger partial charge in [-0.2, -0.15) is 0 Å². The first-order valence-corrected chi connectivity index (χ1v) is 4.64. The van der Waals surface area contributed by atoms with Crippen molar-refractivity contribution in [1.29, 1.82) is 0 Å². The van der Waals surface area contributed by atoms with Gasteiger partial charge in [0.25, 0.3) is 0 Å². The Morgan fingerprint density at radius 3 is 1.83 bits per heavy atom. The third-order valence-corrected chi connectivity index (χ3v) is 3.44. The molecule has 0 nitrogen and oxygen atoms in total. The molecule has 0 saturated carbocycles. The maximum absolute atomic E-state index is 4.71. The van der Waals surface area contributed by atoms with E-state index in [1.807, 2.05) is 0 Å². The van der Waals surface area contributed by atoms with Crippen molar-refractivity contribution < 1.29 is 0 Å². The number of rotatable bonds is 0. The predicted molar refractivity (Wildman–Crippen MR) is 42.4 cm³/mol. The van der Waals surface area contributed by atoms with Gasteiger partial charge in [0, 0.05) is 0 Å². The van der Waals surface area contributed by atoms with Crippen molar-refractivity contribution in [3.63, 3.8) is 0 Å². The van der Waals surface area contributed by atoms with E-state index in [2.05, 4.69) is 25.1 Å². The topological polar surface area (TPSA) is 0 Å². The molecular weight excluding hydrogens is 132 g/mol. The molecule has 0 aromatic carbocycles. The van der Waals surface area contributed by atoms with Gasteiger partial charge < -0.3 is 0 Å². The third-order valence-electron chi connectivity index (χ3n) is 0.383. The Hall–Kier alpha value is 0.790. The third kappa shape index (κ3) is 3.00. The van der Waals surface area contributed by atoms with E-state index in [1.165, 1.54) is 0 Å². The highest BCUT2D eigenvalue weighted by Crippen LogP contribution is 2.17. The van der Waals surface area contributed by atoms with Gasteiger partial charge in [-0.1, -0.05) is 12.2 Å².